The van der Waals surface area contributed by atoms with Gasteiger partial charge in [0.25, 0.3) is 0 Å². The Morgan fingerprint density at radius 1 is 1.30 bits per heavy atom. The maximum atomic E-state index is 12.5. The number of benzene rings is 1. The minimum atomic E-state index is -0.690. The molecule has 0 aliphatic carbocycles. The Labute approximate surface area is 142 Å². The van der Waals surface area contributed by atoms with Gasteiger partial charge in [-0.1, -0.05) is 36.8 Å². The van der Waals surface area contributed by atoms with Crippen LogP contribution in [0.2, 0.25) is 0 Å². The van der Waals surface area contributed by atoms with Gasteiger partial charge >= 0.3 is 6.03 Å². The van der Waals surface area contributed by atoms with E-state index in [1.54, 1.807) is 4.90 Å². The minimum Gasteiger partial charge on any atom is -0.335 e. The molecule has 0 bridgehead atoms. The van der Waals surface area contributed by atoms with Crippen molar-refractivity contribution in [2.45, 2.75) is 51.6 Å². The summed E-state index contributed by atoms with van der Waals surface area (Å²) in [4.78, 5) is 14.3. The van der Waals surface area contributed by atoms with Gasteiger partial charge in [0.2, 0.25) is 0 Å². The van der Waals surface area contributed by atoms with Gasteiger partial charge in [-0.2, -0.15) is 0 Å². The topological polar surface area (TPSA) is 49.4 Å². The maximum Gasteiger partial charge on any atom is 0.317 e. The molecule has 4 nitrogen and oxygen atoms in total. The van der Waals surface area contributed by atoms with Crippen LogP contribution < -0.4 is 5.32 Å². The smallest absolute Gasteiger partial charge is 0.317 e. The van der Waals surface area contributed by atoms with Gasteiger partial charge in [0, 0.05) is 41.4 Å². The van der Waals surface area contributed by atoms with Crippen molar-refractivity contribution in [2.24, 2.45) is 0 Å². The highest BCUT2D eigenvalue weighted by Crippen LogP contribution is 2.15. The first kappa shape index (κ1) is 18.0. The second-order valence-corrected chi connectivity index (χ2v) is 8.13. The Morgan fingerprint density at radius 2 is 1.91 bits per heavy atom. The molecule has 1 aromatic carbocycles. The number of nitrogens with zero attached hydrogens (tertiary/aromatic N) is 1. The predicted molar refractivity (Wildman–Crippen MR) is 96.2 cm³/mol. The van der Waals surface area contributed by atoms with Crippen LogP contribution in [0.5, 0.6) is 0 Å². The van der Waals surface area contributed by atoms with Gasteiger partial charge in [0.05, 0.1) is 0 Å². The van der Waals surface area contributed by atoms with Crippen molar-refractivity contribution < 1.29 is 9.00 Å². The Balaban J connectivity index is 1.88. The summed E-state index contributed by atoms with van der Waals surface area (Å²) >= 11 is 0. The summed E-state index contributed by atoms with van der Waals surface area (Å²) in [5.41, 5.74) is 2.50. The fraction of sp³-hybridized carbons (Fsp3) is 0.611. The van der Waals surface area contributed by atoms with E-state index in [2.05, 4.69) is 43.4 Å². The van der Waals surface area contributed by atoms with Crippen LogP contribution >= 0.6 is 0 Å². The number of nitrogens with one attached hydrogen (secondary N) is 1. The lowest BCUT2D eigenvalue weighted by atomic mass is 10.0. The van der Waals surface area contributed by atoms with E-state index >= 15 is 0 Å². The third-order valence-electron chi connectivity index (χ3n) is 4.65. The number of rotatable bonds is 5. The number of hydrogen-bond acceptors (Lipinski definition) is 2. The molecule has 128 valence electrons. The van der Waals surface area contributed by atoms with Crippen molar-refractivity contribution in [3.63, 3.8) is 0 Å². The van der Waals surface area contributed by atoms with Crippen LogP contribution in [-0.4, -0.2) is 45.8 Å². The summed E-state index contributed by atoms with van der Waals surface area (Å²) in [6.07, 6.45) is 3.43. The zero-order valence-electron chi connectivity index (χ0n) is 14.4. The highest BCUT2D eigenvalue weighted by molar-refractivity contribution is 7.85. The lowest BCUT2D eigenvalue weighted by molar-refractivity contribution is 0.181. The van der Waals surface area contributed by atoms with E-state index < -0.39 is 10.8 Å². The van der Waals surface area contributed by atoms with E-state index in [0.29, 0.717) is 11.5 Å². The first-order chi connectivity index (χ1) is 11.0. The second kappa shape index (κ2) is 8.48. The molecule has 1 saturated heterocycles. The van der Waals surface area contributed by atoms with Crippen LogP contribution in [0.25, 0.3) is 0 Å². The molecule has 5 heteroatoms. The normalized spacial score (nSPS) is 22.4. The monoisotopic (exact) mass is 336 g/mol. The largest absolute Gasteiger partial charge is 0.335 e. The van der Waals surface area contributed by atoms with Gasteiger partial charge in [-0.15, -0.1) is 0 Å². The summed E-state index contributed by atoms with van der Waals surface area (Å²) in [6, 6.07) is 8.82. The molecule has 0 spiro atoms. The molecule has 0 radical (unpaired) electrons. The molecule has 1 aromatic rings. The highest BCUT2D eigenvalue weighted by Gasteiger charge is 2.25. The Bertz CT molecular complexity index is 534. The fourth-order valence-corrected chi connectivity index (χ4v) is 4.19. The predicted octanol–water partition coefficient (Wildman–Crippen LogP) is 2.87. The second-order valence-electron chi connectivity index (χ2n) is 6.43. The van der Waals surface area contributed by atoms with Gasteiger partial charge in [-0.3, -0.25) is 4.21 Å². The summed E-state index contributed by atoms with van der Waals surface area (Å²) in [7, 11) is 1.16. The van der Waals surface area contributed by atoms with Crippen molar-refractivity contribution >= 4 is 16.8 Å². The van der Waals surface area contributed by atoms with Gasteiger partial charge in [0.1, 0.15) is 0 Å². The Kier molecular flexibility index (Phi) is 6.63. The van der Waals surface area contributed by atoms with E-state index in [1.165, 1.54) is 11.1 Å². The molecule has 2 amide bonds. The third kappa shape index (κ3) is 5.34. The zero-order chi connectivity index (χ0) is 16.8. The zero-order valence-corrected chi connectivity index (χ0v) is 15.2. The van der Waals surface area contributed by atoms with Crippen molar-refractivity contribution in [3.05, 3.63) is 35.4 Å². The van der Waals surface area contributed by atoms with Crippen LogP contribution in [0.3, 0.4) is 0 Å². The molecule has 1 N–H and O–H groups in total. The number of urea groups is 1. The van der Waals surface area contributed by atoms with Gasteiger partial charge in [0.15, 0.2) is 0 Å². The first-order valence-corrected chi connectivity index (χ1v) is 9.92. The van der Waals surface area contributed by atoms with Gasteiger partial charge in [-0.05, 0) is 38.2 Å². The first-order valence-electron chi connectivity index (χ1n) is 8.43. The van der Waals surface area contributed by atoms with Gasteiger partial charge in [-0.25, -0.2) is 4.79 Å². The number of aryl methyl sites for hydroxylation is 1. The van der Waals surface area contributed by atoms with Crippen LogP contribution in [0.15, 0.2) is 24.3 Å². The standard InChI is InChI=1S/C18H28N2O2S/c1-4-16(13-15-7-5-14(2)6-8-15)19-18(21)20(3)17-9-11-23(22)12-10-17/h5-8,16-17H,4,9-13H2,1-3H3,(H,19,21). The molecule has 1 aliphatic rings. The van der Waals surface area contributed by atoms with E-state index in [0.717, 1.165) is 25.7 Å². The Morgan fingerprint density at radius 3 is 2.48 bits per heavy atom. The SMILES string of the molecule is CCC(Cc1ccc(C)cc1)NC(=O)N(C)C1CCS(=O)CC1. The van der Waals surface area contributed by atoms with Crippen molar-refractivity contribution in [3.8, 4) is 0 Å². The molecular weight excluding hydrogens is 308 g/mol. The number of carbonyl (C=O) groups is 1. The van der Waals surface area contributed by atoms with Gasteiger partial charge < -0.3 is 10.2 Å². The molecule has 1 unspecified atom stereocenters. The third-order valence-corrected chi connectivity index (χ3v) is 6.03. The molecule has 1 atom stereocenters. The van der Waals surface area contributed by atoms with Crippen LogP contribution in [0, 0.1) is 6.92 Å². The average Bonchev–Trinajstić information content (AvgIpc) is 2.56. The van der Waals surface area contributed by atoms with Crippen LogP contribution in [0.4, 0.5) is 4.79 Å². The molecule has 0 aromatic heterocycles. The van der Waals surface area contributed by atoms with Crippen LogP contribution in [-0.2, 0) is 17.2 Å². The average molecular weight is 337 g/mol. The number of hydrogen-bond donors (Lipinski definition) is 1. The van der Waals surface area contributed by atoms with E-state index in [9.17, 15) is 9.00 Å². The minimum absolute atomic E-state index is 0.0124. The Hall–Kier alpha value is -1.36. The van der Waals surface area contributed by atoms with Crippen molar-refractivity contribution in [2.75, 3.05) is 18.6 Å². The van der Waals surface area contributed by atoms with E-state index in [4.69, 9.17) is 0 Å². The lowest BCUT2D eigenvalue weighted by Crippen LogP contribution is -2.49. The van der Waals surface area contributed by atoms with Crippen molar-refractivity contribution in [1.29, 1.82) is 0 Å². The summed E-state index contributed by atoms with van der Waals surface area (Å²) in [5.74, 6) is 1.42. The molecular formula is C18H28N2O2S. The number of carbonyl (C=O) groups excluding carboxylic acids is 1. The van der Waals surface area contributed by atoms with E-state index in [-0.39, 0.29) is 18.1 Å². The van der Waals surface area contributed by atoms with Crippen molar-refractivity contribution in [1.82, 2.24) is 10.2 Å². The van der Waals surface area contributed by atoms with Crippen LogP contribution in [0.1, 0.15) is 37.3 Å². The quantitative estimate of drug-likeness (QED) is 0.899. The van der Waals surface area contributed by atoms with E-state index in [1.807, 2.05) is 7.05 Å². The molecule has 1 fully saturated rings. The molecule has 23 heavy (non-hydrogen) atoms. The molecule has 1 heterocycles. The molecule has 0 saturated carbocycles. The summed E-state index contributed by atoms with van der Waals surface area (Å²) < 4.78 is 11.4. The highest BCUT2D eigenvalue weighted by atomic mass is 32.2. The summed E-state index contributed by atoms with van der Waals surface area (Å²) in [5, 5.41) is 3.15. The maximum absolute atomic E-state index is 12.5. The summed E-state index contributed by atoms with van der Waals surface area (Å²) in [6.45, 7) is 4.18. The molecule has 1 aliphatic heterocycles. The fourth-order valence-electron chi connectivity index (χ4n) is 2.92. The number of amides is 2. The molecule has 2 rings (SSSR count). The lowest BCUT2D eigenvalue weighted by Gasteiger charge is -2.32.